The van der Waals surface area contributed by atoms with E-state index in [-0.39, 0.29) is 10.8 Å². The predicted molar refractivity (Wildman–Crippen MR) is 147 cm³/mol. The van der Waals surface area contributed by atoms with Crippen LogP contribution in [0.15, 0.2) is 47.4 Å². The fourth-order valence-electron chi connectivity index (χ4n) is 3.81. The van der Waals surface area contributed by atoms with Gasteiger partial charge in [0.2, 0.25) is 10.0 Å². The minimum absolute atomic E-state index is 0.180. The number of unbranched alkanes of at least 4 members (excludes halogenated alkanes) is 1. The van der Waals surface area contributed by atoms with E-state index in [0.717, 1.165) is 41.9 Å². The minimum atomic E-state index is -3.60. The van der Waals surface area contributed by atoms with Crippen LogP contribution in [0.3, 0.4) is 0 Å². The van der Waals surface area contributed by atoms with Gasteiger partial charge in [-0.25, -0.2) is 17.7 Å². The topological polar surface area (TPSA) is 83.1 Å². The highest BCUT2D eigenvalue weighted by molar-refractivity contribution is 7.89. The number of nitrogens with zero attached hydrogens (tertiary/aromatic N) is 4. The fraction of sp³-hybridized carbons (Fsp3) is 0.462. The number of thiazole rings is 1. The van der Waals surface area contributed by atoms with E-state index in [0.29, 0.717) is 30.3 Å². The number of hydrogen-bond donors (Lipinski definition) is 0. The molecule has 0 unspecified atom stereocenters. The first-order valence-corrected chi connectivity index (χ1v) is 14.6. The number of hydrogen-bond acceptors (Lipinski definition) is 7. The Balaban J connectivity index is 1.91. The lowest BCUT2D eigenvalue weighted by Crippen LogP contribution is -2.38. The second-order valence-corrected chi connectivity index (χ2v) is 11.6. The minimum Gasteiger partial charge on any atom is -0.497 e. The Kier molecular flexibility index (Phi) is 9.84. The number of amides is 1. The Morgan fingerprint density at radius 3 is 2.31 bits per heavy atom. The first kappa shape index (κ1) is 28.0. The molecule has 36 heavy (non-hydrogen) atoms. The van der Waals surface area contributed by atoms with Crippen molar-refractivity contribution in [2.45, 2.75) is 38.5 Å². The van der Waals surface area contributed by atoms with Crippen molar-refractivity contribution in [3.8, 4) is 5.75 Å². The summed E-state index contributed by atoms with van der Waals surface area (Å²) in [6, 6.07) is 11.8. The van der Waals surface area contributed by atoms with Crippen LogP contribution < -0.4 is 9.64 Å². The van der Waals surface area contributed by atoms with Gasteiger partial charge in [0.1, 0.15) is 5.75 Å². The van der Waals surface area contributed by atoms with Gasteiger partial charge in [0, 0.05) is 32.2 Å². The van der Waals surface area contributed by atoms with Crippen molar-refractivity contribution in [3.05, 3.63) is 48.0 Å². The number of rotatable bonds is 13. The van der Waals surface area contributed by atoms with Gasteiger partial charge in [-0.2, -0.15) is 0 Å². The van der Waals surface area contributed by atoms with Gasteiger partial charge in [0.05, 0.1) is 22.2 Å². The highest BCUT2D eigenvalue weighted by atomic mass is 32.2. The molecule has 1 aromatic heterocycles. The largest absolute Gasteiger partial charge is 0.497 e. The van der Waals surface area contributed by atoms with Crippen LogP contribution in [0.1, 0.15) is 44.0 Å². The van der Waals surface area contributed by atoms with Gasteiger partial charge in [-0.15, -0.1) is 0 Å². The van der Waals surface area contributed by atoms with Crippen LogP contribution in [0.2, 0.25) is 0 Å². The normalized spacial score (nSPS) is 12.0. The molecule has 8 nitrogen and oxygen atoms in total. The lowest BCUT2D eigenvalue weighted by Gasteiger charge is -2.25. The van der Waals surface area contributed by atoms with E-state index in [1.165, 1.54) is 27.8 Å². The summed E-state index contributed by atoms with van der Waals surface area (Å²) in [6.07, 6.45) is 1.71. The first-order valence-electron chi connectivity index (χ1n) is 12.3. The van der Waals surface area contributed by atoms with E-state index < -0.39 is 10.0 Å². The van der Waals surface area contributed by atoms with E-state index >= 15 is 0 Å². The number of methoxy groups -OCH3 is 1. The Morgan fingerprint density at radius 1 is 1.00 bits per heavy atom. The standard InChI is InChI=1S/C26H36N4O4S2/c1-6-9-16-28(4)36(32,33)22-13-10-20(11-14-22)25(31)30(18-17-29(7-2)8-3)26-27-23-15-12-21(34-5)19-24(23)35-26/h10-15,19H,6-9,16-18H2,1-5H3. The highest BCUT2D eigenvalue weighted by Crippen LogP contribution is 2.32. The number of benzene rings is 2. The second kappa shape index (κ2) is 12.6. The van der Waals surface area contributed by atoms with Gasteiger partial charge < -0.3 is 9.64 Å². The average Bonchev–Trinajstić information content (AvgIpc) is 3.32. The van der Waals surface area contributed by atoms with E-state index in [2.05, 4.69) is 18.7 Å². The summed E-state index contributed by atoms with van der Waals surface area (Å²) >= 11 is 1.44. The summed E-state index contributed by atoms with van der Waals surface area (Å²) in [5, 5.41) is 0.603. The van der Waals surface area contributed by atoms with Crippen molar-refractivity contribution in [1.82, 2.24) is 14.2 Å². The maximum Gasteiger partial charge on any atom is 0.260 e. The van der Waals surface area contributed by atoms with Crippen molar-refractivity contribution in [3.63, 3.8) is 0 Å². The van der Waals surface area contributed by atoms with Gasteiger partial charge in [-0.05, 0) is 62.0 Å². The van der Waals surface area contributed by atoms with Crippen molar-refractivity contribution in [1.29, 1.82) is 0 Å². The molecular weight excluding hydrogens is 496 g/mol. The number of sulfonamides is 1. The van der Waals surface area contributed by atoms with Crippen molar-refractivity contribution in [2.24, 2.45) is 0 Å². The Morgan fingerprint density at radius 2 is 1.69 bits per heavy atom. The molecular formula is C26H36N4O4S2. The maximum absolute atomic E-state index is 13.7. The number of carbonyl (C=O) groups excluding carboxylic acids is 1. The third-order valence-corrected chi connectivity index (χ3v) is 9.14. The number of carbonyl (C=O) groups is 1. The third kappa shape index (κ3) is 6.42. The molecule has 0 radical (unpaired) electrons. The Labute approximate surface area is 218 Å². The molecule has 0 aliphatic carbocycles. The summed E-state index contributed by atoms with van der Waals surface area (Å²) in [4.78, 5) is 22.5. The zero-order valence-corrected chi connectivity index (χ0v) is 23.4. The molecule has 0 spiro atoms. The molecule has 0 aliphatic rings. The predicted octanol–water partition coefficient (Wildman–Crippen LogP) is 4.71. The van der Waals surface area contributed by atoms with Crippen molar-refractivity contribution >= 4 is 42.6 Å². The van der Waals surface area contributed by atoms with Gasteiger partial charge in [0.25, 0.3) is 5.91 Å². The van der Waals surface area contributed by atoms with Gasteiger partial charge in [0.15, 0.2) is 5.13 Å². The number of ether oxygens (including phenoxy) is 1. The van der Waals surface area contributed by atoms with Crippen LogP contribution in [-0.2, 0) is 10.0 Å². The highest BCUT2D eigenvalue weighted by Gasteiger charge is 2.24. The SMILES string of the molecule is CCCCN(C)S(=O)(=O)c1ccc(C(=O)N(CCN(CC)CC)c2nc3ccc(OC)cc3s2)cc1. The molecule has 0 fully saturated rings. The molecule has 10 heteroatoms. The number of aromatic nitrogens is 1. The molecule has 0 N–H and O–H groups in total. The quantitative estimate of drug-likeness (QED) is 0.317. The smallest absolute Gasteiger partial charge is 0.260 e. The fourth-order valence-corrected chi connectivity index (χ4v) is 6.03. The zero-order chi connectivity index (χ0) is 26.3. The van der Waals surface area contributed by atoms with Crippen molar-refractivity contribution < 1.29 is 17.9 Å². The Hall–Kier alpha value is -2.53. The lowest BCUT2D eigenvalue weighted by atomic mass is 10.2. The molecule has 0 bridgehead atoms. The van der Waals surface area contributed by atoms with E-state index in [1.54, 1.807) is 31.2 Å². The molecule has 2 aromatic carbocycles. The second-order valence-electron chi connectivity index (χ2n) is 8.52. The van der Waals surface area contributed by atoms with E-state index in [9.17, 15) is 13.2 Å². The Bertz CT molecular complexity index is 1250. The summed E-state index contributed by atoms with van der Waals surface area (Å²) in [6.45, 7) is 9.60. The molecule has 0 saturated carbocycles. The summed E-state index contributed by atoms with van der Waals surface area (Å²) in [5.74, 6) is 0.524. The van der Waals surface area contributed by atoms with Crippen LogP contribution >= 0.6 is 11.3 Å². The number of anilines is 1. The third-order valence-electron chi connectivity index (χ3n) is 6.23. The molecule has 0 saturated heterocycles. The molecule has 0 aliphatic heterocycles. The van der Waals surface area contributed by atoms with E-state index in [1.807, 2.05) is 25.1 Å². The molecule has 3 aromatic rings. The lowest BCUT2D eigenvalue weighted by molar-refractivity contribution is 0.0983. The van der Waals surface area contributed by atoms with Gasteiger partial charge >= 0.3 is 0 Å². The van der Waals surface area contributed by atoms with E-state index in [4.69, 9.17) is 9.72 Å². The average molecular weight is 533 g/mol. The molecule has 1 amide bonds. The van der Waals surface area contributed by atoms with Crippen LogP contribution in [0.4, 0.5) is 5.13 Å². The first-order chi connectivity index (χ1) is 17.2. The number of fused-ring (bicyclic) bond motifs is 1. The van der Waals surface area contributed by atoms with Gasteiger partial charge in [-0.3, -0.25) is 9.69 Å². The van der Waals surface area contributed by atoms with Crippen LogP contribution in [0.5, 0.6) is 5.75 Å². The van der Waals surface area contributed by atoms with Crippen LogP contribution in [0, 0.1) is 0 Å². The monoisotopic (exact) mass is 532 g/mol. The summed E-state index contributed by atoms with van der Waals surface area (Å²) in [7, 11) is -0.395. The molecule has 0 atom stereocenters. The van der Waals surface area contributed by atoms with Crippen LogP contribution in [-0.4, -0.2) is 75.4 Å². The molecule has 196 valence electrons. The van der Waals surface area contributed by atoms with Crippen molar-refractivity contribution in [2.75, 3.05) is 51.8 Å². The summed E-state index contributed by atoms with van der Waals surface area (Å²) in [5.41, 5.74) is 1.22. The number of likely N-dealkylation sites (N-methyl/N-ethyl adjacent to an activating group) is 1. The molecule has 3 rings (SSSR count). The maximum atomic E-state index is 13.7. The molecule has 1 heterocycles. The van der Waals surface area contributed by atoms with Gasteiger partial charge in [-0.1, -0.05) is 38.5 Å². The summed E-state index contributed by atoms with van der Waals surface area (Å²) < 4.78 is 33.4. The zero-order valence-electron chi connectivity index (χ0n) is 21.7. The van der Waals surface area contributed by atoms with Crippen LogP contribution in [0.25, 0.3) is 10.2 Å².